The van der Waals surface area contributed by atoms with Crippen LogP contribution in [-0.4, -0.2) is 28.3 Å². The largest absolute Gasteiger partial charge is 0.497 e. The van der Waals surface area contributed by atoms with E-state index in [1.165, 1.54) is 0 Å². The van der Waals surface area contributed by atoms with Gasteiger partial charge in [-0.2, -0.15) is 0 Å². The molecule has 2 aromatic rings. The van der Waals surface area contributed by atoms with Gasteiger partial charge in [-0.1, -0.05) is 12.1 Å². The van der Waals surface area contributed by atoms with Gasteiger partial charge in [0.15, 0.2) is 0 Å². The summed E-state index contributed by atoms with van der Waals surface area (Å²) in [6.07, 6.45) is 4.14. The van der Waals surface area contributed by atoms with Crippen LogP contribution < -0.4 is 4.74 Å². The molecule has 90 valence electrons. The molecule has 4 nitrogen and oxygen atoms in total. The molecular weight excluding hydrogens is 216 g/mol. The number of aliphatic hydroxyl groups is 1. The zero-order valence-electron chi connectivity index (χ0n) is 9.76. The van der Waals surface area contributed by atoms with Crippen molar-refractivity contribution in [2.75, 3.05) is 7.11 Å². The molecule has 4 heteroatoms. The van der Waals surface area contributed by atoms with Crippen LogP contribution >= 0.6 is 0 Å². The smallest absolute Gasteiger partial charge is 0.119 e. The number of methoxy groups -OCH3 is 1. The molecule has 0 aliphatic heterocycles. The van der Waals surface area contributed by atoms with Gasteiger partial charge >= 0.3 is 0 Å². The summed E-state index contributed by atoms with van der Waals surface area (Å²) < 4.78 is 5.14. The van der Waals surface area contributed by atoms with Gasteiger partial charge < -0.3 is 14.8 Å². The van der Waals surface area contributed by atoms with Gasteiger partial charge in [0.25, 0.3) is 0 Å². The molecule has 1 aromatic heterocycles. The highest BCUT2D eigenvalue weighted by Gasteiger charge is 2.08. The number of H-pyrrole nitrogens is 1. The van der Waals surface area contributed by atoms with Gasteiger partial charge in [-0.25, -0.2) is 4.98 Å². The zero-order chi connectivity index (χ0) is 12.1. The molecule has 0 aliphatic carbocycles. The Hall–Kier alpha value is -1.81. The molecule has 0 amide bonds. The quantitative estimate of drug-likeness (QED) is 0.822. The average molecular weight is 232 g/mol. The number of nitrogens with one attached hydrogen (secondary N) is 1. The third-order valence-electron chi connectivity index (χ3n) is 2.59. The van der Waals surface area contributed by atoms with Gasteiger partial charge in [0.05, 0.1) is 13.2 Å². The number of rotatable bonds is 5. The van der Waals surface area contributed by atoms with E-state index >= 15 is 0 Å². The fourth-order valence-electron chi connectivity index (χ4n) is 1.78. The topological polar surface area (TPSA) is 58.1 Å². The van der Waals surface area contributed by atoms with E-state index in [4.69, 9.17) is 4.74 Å². The lowest BCUT2D eigenvalue weighted by Crippen LogP contribution is -2.14. The monoisotopic (exact) mass is 232 g/mol. The van der Waals surface area contributed by atoms with Crippen LogP contribution in [0.15, 0.2) is 36.7 Å². The second-order valence-electron chi connectivity index (χ2n) is 3.95. The molecule has 1 atom stereocenters. The van der Waals surface area contributed by atoms with E-state index < -0.39 is 6.10 Å². The Balaban J connectivity index is 1.95. The Labute approximate surface area is 100 Å². The lowest BCUT2D eigenvalue weighted by Gasteiger charge is -2.10. The normalized spacial score (nSPS) is 12.4. The number of hydrogen-bond acceptors (Lipinski definition) is 3. The molecule has 0 fully saturated rings. The Morgan fingerprint density at radius 2 is 2.29 bits per heavy atom. The highest BCUT2D eigenvalue weighted by molar-refractivity contribution is 5.28. The number of aliphatic hydroxyl groups excluding tert-OH is 1. The maximum atomic E-state index is 9.94. The fourth-order valence-corrected chi connectivity index (χ4v) is 1.78. The van der Waals surface area contributed by atoms with Crippen molar-refractivity contribution in [2.24, 2.45) is 0 Å². The van der Waals surface area contributed by atoms with Crippen LogP contribution in [0.3, 0.4) is 0 Å². The van der Waals surface area contributed by atoms with E-state index in [0.717, 1.165) is 17.1 Å². The molecule has 0 saturated carbocycles. The Bertz CT molecular complexity index is 454. The summed E-state index contributed by atoms with van der Waals surface area (Å²) in [7, 11) is 1.64. The number of ether oxygens (including phenoxy) is 1. The second kappa shape index (κ2) is 5.50. The van der Waals surface area contributed by atoms with Crippen LogP contribution in [0.2, 0.25) is 0 Å². The summed E-state index contributed by atoms with van der Waals surface area (Å²) >= 11 is 0. The second-order valence-corrected chi connectivity index (χ2v) is 3.95. The first-order chi connectivity index (χ1) is 8.28. The van der Waals surface area contributed by atoms with Crippen molar-refractivity contribution >= 4 is 0 Å². The Morgan fingerprint density at radius 3 is 3.00 bits per heavy atom. The molecule has 17 heavy (non-hydrogen) atoms. The summed E-state index contributed by atoms with van der Waals surface area (Å²) in [6.45, 7) is 0. The maximum absolute atomic E-state index is 9.94. The third kappa shape index (κ3) is 3.32. The van der Waals surface area contributed by atoms with Crippen LogP contribution in [0, 0.1) is 0 Å². The number of hydrogen-bond donors (Lipinski definition) is 2. The summed E-state index contributed by atoms with van der Waals surface area (Å²) in [5, 5.41) is 9.94. The fraction of sp³-hybridized carbons (Fsp3) is 0.308. The van der Waals surface area contributed by atoms with E-state index in [1.807, 2.05) is 24.3 Å². The minimum absolute atomic E-state index is 0.437. The minimum atomic E-state index is -0.437. The van der Waals surface area contributed by atoms with E-state index in [9.17, 15) is 5.11 Å². The molecule has 2 N–H and O–H groups in total. The molecule has 0 aliphatic rings. The molecule has 2 rings (SSSR count). The number of aromatic amines is 1. The van der Waals surface area contributed by atoms with Crippen LogP contribution in [0.25, 0.3) is 0 Å². The van der Waals surface area contributed by atoms with Gasteiger partial charge in [-0.15, -0.1) is 0 Å². The highest BCUT2D eigenvalue weighted by atomic mass is 16.5. The number of benzene rings is 1. The Kier molecular flexibility index (Phi) is 3.77. The average Bonchev–Trinajstić information content (AvgIpc) is 2.82. The molecule has 1 aromatic carbocycles. The number of aromatic nitrogens is 2. The lowest BCUT2D eigenvalue weighted by molar-refractivity contribution is 0.173. The van der Waals surface area contributed by atoms with Crippen molar-refractivity contribution in [3.05, 3.63) is 48.0 Å². The van der Waals surface area contributed by atoms with Gasteiger partial charge in [-0.3, -0.25) is 0 Å². The summed E-state index contributed by atoms with van der Waals surface area (Å²) in [6, 6.07) is 7.73. The summed E-state index contributed by atoms with van der Waals surface area (Å²) in [4.78, 5) is 7.07. The van der Waals surface area contributed by atoms with Crippen molar-refractivity contribution in [1.82, 2.24) is 9.97 Å². The van der Waals surface area contributed by atoms with Crippen LogP contribution in [-0.2, 0) is 12.8 Å². The first-order valence-electron chi connectivity index (χ1n) is 5.57. The van der Waals surface area contributed by atoms with Gasteiger partial charge in [0.2, 0.25) is 0 Å². The number of nitrogens with zero attached hydrogens (tertiary/aromatic N) is 1. The van der Waals surface area contributed by atoms with Crippen molar-refractivity contribution < 1.29 is 9.84 Å². The predicted molar refractivity (Wildman–Crippen MR) is 65.0 cm³/mol. The standard InChI is InChI=1S/C13H16N2O2/c1-17-12-4-2-3-10(8-12)7-11(16)9-13-14-5-6-15-13/h2-6,8,11,16H,7,9H2,1H3,(H,14,15). The third-order valence-corrected chi connectivity index (χ3v) is 2.59. The zero-order valence-corrected chi connectivity index (χ0v) is 9.76. The minimum Gasteiger partial charge on any atom is -0.497 e. The molecule has 1 heterocycles. The van der Waals surface area contributed by atoms with Crippen LogP contribution in [0.4, 0.5) is 0 Å². The first kappa shape index (κ1) is 11.7. The molecule has 1 unspecified atom stereocenters. The predicted octanol–water partition coefficient (Wildman–Crippen LogP) is 1.56. The molecule has 0 bridgehead atoms. The molecule has 0 radical (unpaired) electrons. The van der Waals surface area contributed by atoms with E-state index in [1.54, 1.807) is 19.5 Å². The van der Waals surface area contributed by atoms with Gasteiger partial charge in [-0.05, 0) is 24.1 Å². The summed E-state index contributed by atoms with van der Waals surface area (Å²) in [5.41, 5.74) is 1.06. The SMILES string of the molecule is COc1cccc(CC(O)Cc2ncc[nH]2)c1. The Morgan fingerprint density at radius 1 is 1.41 bits per heavy atom. The van der Waals surface area contributed by atoms with Crippen molar-refractivity contribution in [3.63, 3.8) is 0 Å². The van der Waals surface area contributed by atoms with Crippen LogP contribution in [0.5, 0.6) is 5.75 Å². The first-order valence-corrected chi connectivity index (χ1v) is 5.57. The summed E-state index contributed by atoms with van der Waals surface area (Å²) in [5.74, 6) is 1.62. The molecular formula is C13H16N2O2. The highest BCUT2D eigenvalue weighted by Crippen LogP contribution is 2.14. The lowest BCUT2D eigenvalue weighted by atomic mass is 10.1. The molecule has 0 spiro atoms. The van der Waals surface area contributed by atoms with Crippen molar-refractivity contribution in [1.29, 1.82) is 0 Å². The van der Waals surface area contributed by atoms with Crippen LogP contribution in [0.1, 0.15) is 11.4 Å². The van der Waals surface area contributed by atoms with Crippen molar-refractivity contribution in [3.8, 4) is 5.75 Å². The van der Waals surface area contributed by atoms with E-state index in [-0.39, 0.29) is 0 Å². The maximum Gasteiger partial charge on any atom is 0.119 e. The number of imidazole rings is 1. The molecule has 0 saturated heterocycles. The van der Waals surface area contributed by atoms with E-state index in [0.29, 0.717) is 12.8 Å². The van der Waals surface area contributed by atoms with Gasteiger partial charge in [0, 0.05) is 18.8 Å². The van der Waals surface area contributed by atoms with Crippen molar-refractivity contribution in [2.45, 2.75) is 18.9 Å². The van der Waals surface area contributed by atoms with E-state index in [2.05, 4.69) is 9.97 Å². The van der Waals surface area contributed by atoms with Gasteiger partial charge in [0.1, 0.15) is 11.6 Å².